The predicted octanol–water partition coefficient (Wildman–Crippen LogP) is 2.59. The Kier molecular flexibility index (Phi) is 3.62. The normalized spacial score (nSPS) is 10.3. The van der Waals surface area contributed by atoms with Crippen LogP contribution in [0.4, 0.5) is 0 Å². The van der Waals surface area contributed by atoms with Crippen molar-refractivity contribution in [1.82, 2.24) is 4.98 Å². The number of methoxy groups -OCH3 is 1. The first kappa shape index (κ1) is 12.6. The smallest absolute Gasteiger partial charge is 0.173 e. The van der Waals surface area contributed by atoms with Gasteiger partial charge in [0.1, 0.15) is 16.5 Å². The Balaban J connectivity index is 2.18. The molecule has 94 valence electrons. The highest BCUT2D eigenvalue weighted by atomic mass is 32.1. The first-order valence-corrected chi connectivity index (χ1v) is 6.29. The topological polar surface area (TPSA) is 59.4 Å². The molecule has 0 unspecified atom stereocenters. The minimum atomic E-state index is -0.149. The van der Waals surface area contributed by atoms with Crippen LogP contribution in [0.15, 0.2) is 23.6 Å². The first-order valence-electron chi connectivity index (χ1n) is 5.41. The van der Waals surface area contributed by atoms with Crippen molar-refractivity contribution in [1.29, 1.82) is 0 Å². The molecule has 0 spiro atoms. The van der Waals surface area contributed by atoms with Gasteiger partial charge in [-0.1, -0.05) is 0 Å². The zero-order valence-corrected chi connectivity index (χ0v) is 11.0. The molecule has 1 aromatic carbocycles. The number of hydrogen-bond donors (Lipinski definition) is 1. The average molecular weight is 263 g/mol. The fourth-order valence-electron chi connectivity index (χ4n) is 1.59. The number of benzene rings is 1. The summed E-state index contributed by atoms with van der Waals surface area (Å²) < 4.78 is 4.97. The largest absolute Gasteiger partial charge is 0.507 e. The Labute approximate surface area is 109 Å². The Bertz CT molecular complexity index is 577. The van der Waals surface area contributed by atoms with Crippen molar-refractivity contribution in [2.45, 2.75) is 13.3 Å². The lowest BCUT2D eigenvalue weighted by Gasteiger charge is -2.05. The van der Waals surface area contributed by atoms with Crippen LogP contribution < -0.4 is 4.74 Å². The molecule has 1 N–H and O–H groups in total. The molecule has 1 aromatic heterocycles. The van der Waals surface area contributed by atoms with Gasteiger partial charge in [0.2, 0.25) is 0 Å². The average Bonchev–Trinajstić information content (AvgIpc) is 2.74. The summed E-state index contributed by atoms with van der Waals surface area (Å²) in [5.74, 6) is 0.311. The fraction of sp³-hybridized carbons (Fsp3) is 0.231. The highest BCUT2D eigenvalue weighted by molar-refractivity contribution is 7.09. The molecule has 0 aliphatic heterocycles. The highest BCUT2D eigenvalue weighted by Gasteiger charge is 2.14. The first-order chi connectivity index (χ1) is 8.60. The highest BCUT2D eigenvalue weighted by Crippen LogP contribution is 2.25. The molecule has 0 amide bonds. The lowest BCUT2D eigenvalue weighted by Crippen LogP contribution is -2.03. The molecule has 0 bridgehead atoms. The van der Waals surface area contributed by atoms with E-state index < -0.39 is 0 Å². The minimum Gasteiger partial charge on any atom is -0.507 e. The van der Waals surface area contributed by atoms with Crippen LogP contribution in [-0.4, -0.2) is 23.0 Å². The van der Waals surface area contributed by atoms with Crippen molar-refractivity contribution in [2.75, 3.05) is 7.11 Å². The van der Waals surface area contributed by atoms with Crippen molar-refractivity contribution >= 4 is 17.1 Å². The third kappa shape index (κ3) is 2.68. The van der Waals surface area contributed by atoms with Gasteiger partial charge in [-0.05, 0) is 19.1 Å². The van der Waals surface area contributed by atoms with Crippen molar-refractivity contribution in [3.05, 3.63) is 39.8 Å². The summed E-state index contributed by atoms with van der Waals surface area (Å²) in [5, 5.41) is 12.4. The quantitative estimate of drug-likeness (QED) is 0.861. The van der Waals surface area contributed by atoms with Gasteiger partial charge in [0.25, 0.3) is 0 Å². The summed E-state index contributed by atoms with van der Waals surface area (Å²) >= 11 is 1.45. The van der Waals surface area contributed by atoms with Gasteiger partial charge in [0.05, 0.1) is 19.1 Å². The Morgan fingerprint density at radius 3 is 2.83 bits per heavy atom. The third-order valence-electron chi connectivity index (χ3n) is 2.48. The van der Waals surface area contributed by atoms with Gasteiger partial charge in [0.15, 0.2) is 5.78 Å². The molecule has 0 radical (unpaired) electrons. The maximum absolute atomic E-state index is 12.0. The second-order valence-electron chi connectivity index (χ2n) is 3.87. The number of Topliss-reactive ketones (excluding diaryl/α,β-unsaturated/α-hetero) is 1. The summed E-state index contributed by atoms with van der Waals surface area (Å²) in [5.41, 5.74) is 1.20. The number of hydrogen-bond acceptors (Lipinski definition) is 5. The van der Waals surface area contributed by atoms with Gasteiger partial charge in [-0.25, -0.2) is 4.98 Å². The van der Waals surface area contributed by atoms with E-state index in [4.69, 9.17) is 4.74 Å². The molecule has 0 aliphatic carbocycles. The molecule has 0 saturated carbocycles. The van der Waals surface area contributed by atoms with E-state index in [1.165, 1.54) is 24.5 Å². The zero-order chi connectivity index (χ0) is 13.1. The lowest BCUT2D eigenvalue weighted by molar-refractivity contribution is 0.0990. The van der Waals surface area contributed by atoms with Crippen LogP contribution in [0.3, 0.4) is 0 Å². The Morgan fingerprint density at radius 2 is 2.28 bits per heavy atom. The van der Waals surface area contributed by atoms with Gasteiger partial charge >= 0.3 is 0 Å². The number of rotatable bonds is 4. The van der Waals surface area contributed by atoms with Crippen LogP contribution in [0.25, 0.3) is 0 Å². The van der Waals surface area contributed by atoms with E-state index in [9.17, 15) is 9.90 Å². The molecule has 0 saturated heterocycles. The molecule has 5 heteroatoms. The van der Waals surface area contributed by atoms with Crippen LogP contribution in [0.5, 0.6) is 11.5 Å². The molecule has 18 heavy (non-hydrogen) atoms. The molecule has 4 nitrogen and oxygen atoms in total. The number of aromatic nitrogens is 1. The summed E-state index contributed by atoms with van der Waals surface area (Å²) in [6, 6.07) is 4.65. The van der Waals surface area contributed by atoms with E-state index in [1.807, 2.05) is 12.3 Å². The number of nitrogens with zero attached hydrogens (tertiary/aromatic N) is 1. The summed E-state index contributed by atoms with van der Waals surface area (Å²) in [7, 11) is 1.51. The van der Waals surface area contributed by atoms with Gasteiger partial charge in [0, 0.05) is 17.1 Å². The van der Waals surface area contributed by atoms with Crippen LogP contribution in [-0.2, 0) is 6.42 Å². The predicted molar refractivity (Wildman–Crippen MR) is 69.5 cm³/mol. The third-order valence-corrected chi connectivity index (χ3v) is 3.45. The van der Waals surface area contributed by atoms with E-state index in [1.54, 1.807) is 12.1 Å². The van der Waals surface area contributed by atoms with Crippen molar-refractivity contribution < 1.29 is 14.6 Å². The Morgan fingerprint density at radius 1 is 1.50 bits per heavy atom. The van der Waals surface area contributed by atoms with E-state index >= 15 is 0 Å². The van der Waals surface area contributed by atoms with Crippen LogP contribution >= 0.6 is 11.3 Å². The molecule has 1 heterocycles. The number of thiazole rings is 1. The lowest BCUT2D eigenvalue weighted by atomic mass is 10.1. The van der Waals surface area contributed by atoms with Crippen molar-refractivity contribution in [3.8, 4) is 11.5 Å². The second kappa shape index (κ2) is 5.18. The molecular weight excluding hydrogens is 250 g/mol. The monoisotopic (exact) mass is 263 g/mol. The number of aromatic hydroxyl groups is 1. The summed E-state index contributed by atoms with van der Waals surface area (Å²) in [4.78, 5) is 16.2. The van der Waals surface area contributed by atoms with Gasteiger partial charge < -0.3 is 9.84 Å². The summed E-state index contributed by atoms with van der Waals surface area (Å²) in [6.45, 7) is 1.88. The molecule has 0 atom stereocenters. The van der Waals surface area contributed by atoms with Crippen LogP contribution in [0, 0.1) is 6.92 Å². The van der Waals surface area contributed by atoms with Gasteiger partial charge in [-0.2, -0.15) is 0 Å². The number of carbonyl (C=O) groups excluding carboxylic acids is 1. The standard InChI is InChI=1S/C13H13NO3S/c1-8-7-18-13(14-8)6-12(16)10-4-3-9(17-2)5-11(10)15/h3-5,7,15H,6H2,1-2H3. The molecular formula is C13H13NO3S. The molecule has 2 aromatic rings. The van der Waals surface area contributed by atoms with Gasteiger partial charge in [-0.15, -0.1) is 11.3 Å². The van der Waals surface area contributed by atoms with Crippen molar-refractivity contribution in [2.24, 2.45) is 0 Å². The molecule has 0 fully saturated rings. The number of ether oxygens (including phenoxy) is 1. The SMILES string of the molecule is COc1ccc(C(=O)Cc2nc(C)cs2)c(O)c1. The van der Waals surface area contributed by atoms with Crippen LogP contribution in [0.1, 0.15) is 21.1 Å². The van der Waals surface area contributed by atoms with Crippen molar-refractivity contribution in [3.63, 3.8) is 0 Å². The number of aryl methyl sites for hydroxylation is 1. The van der Waals surface area contributed by atoms with Gasteiger partial charge in [-0.3, -0.25) is 4.79 Å². The fourth-order valence-corrected chi connectivity index (χ4v) is 2.36. The number of phenols is 1. The van der Waals surface area contributed by atoms with E-state index in [0.717, 1.165) is 10.7 Å². The minimum absolute atomic E-state index is 0.0624. The zero-order valence-electron chi connectivity index (χ0n) is 10.1. The second-order valence-corrected chi connectivity index (χ2v) is 4.81. The number of ketones is 1. The maximum atomic E-state index is 12.0. The van der Waals surface area contributed by atoms with E-state index in [-0.39, 0.29) is 18.0 Å². The molecule has 0 aliphatic rings. The van der Waals surface area contributed by atoms with E-state index in [0.29, 0.717) is 11.3 Å². The van der Waals surface area contributed by atoms with E-state index in [2.05, 4.69) is 4.98 Å². The maximum Gasteiger partial charge on any atom is 0.173 e. The van der Waals surface area contributed by atoms with Crippen LogP contribution in [0.2, 0.25) is 0 Å². The molecule has 2 rings (SSSR count). The number of phenolic OH excluding ortho intramolecular Hbond substituents is 1. The summed E-state index contributed by atoms with van der Waals surface area (Å²) in [6.07, 6.45) is 0.207. The Hall–Kier alpha value is -1.88. The number of carbonyl (C=O) groups is 1.